The van der Waals surface area contributed by atoms with Crippen molar-refractivity contribution in [2.75, 3.05) is 6.54 Å². The number of hydrogen-bond acceptors (Lipinski definition) is 5. The normalized spacial score (nSPS) is 11.5. The van der Waals surface area contributed by atoms with Crippen molar-refractivity contribution >= 4 is 17.8 Å². The van der Waals surface area contributed by atoms with Crippen molar-refractivity contribution in [1.29, 1.82) is 0 Å². The largest absolute Gasteiger partial charge is 0.490 e. The van der Waals surface area contributed by atoms with Gasteiger partial charge in [0.2, 0.25) is 5.91 Å². The summed E-state index contributed by atoms with van der Waals surface area (Å²) in [4.78, 5) is 31.7. The molecule has 1 aromatic carbocycles. The van der Waals surface area contributed by atoms with E-state index in [0.717, 1.165) is 5.56 Å². The van der Waals surface area contributed by atoms with Crippen LogP contribution in [0, 0.1) is 0 Å². The lowest BCUT2D eigenvalue weighted by atomic mass is 10.1. The molecule has 0 unspecified atom stereocenters. The molecule has 0 aliphatic rings. The third-order valence-corrected chi connectivity index (χ3v) is 2.97. The highest BCUT2D eigenvalue weighted by Crippen LogP contribution is 2.13. The summed E-state index contributed by atoms with van der Waals surface area (Å²) < 4.78 is 36.9. The number of benzene rings is 1. The molecule has 0 radical (unpaired) electrons. The maximum Gasteiger partial charge on any atom is 0.490 e. The third-order valence-electron chi connectivity index (χ3n) is 2.97. The highest BCUT2D eigenvalue weighted by atomic mass is 19.4. The molecule has 1 atom stereocenters. The van der Waals surface area contributed by atoms with Gasteiger partial charge in [-0.1, -0.05) is 36.4 Å². The van der Waals surface area contributed by atoms with Gasteiger partial charge in [0.1, 0.15) is 6.61 Å². The SMILES string of the molecule is C=CCN[C@H](CCC(=O)OCc1ccccc1)C(N)=O.O=C(O)C(F)(F)F. The minimum Gasteiger partial charge on any atom is -0.475 e. The number of nitrogens with two attached hydrogens (primary N) is 1. The average Bonchev–Trinajstić information content (AvgIpc) is 2.60. The van der Waals surface area contributed by atoms with Crippen molar-refractivity contribution in [2.45, 2.75) is 31.7 Å². The fraction of sp³-hybridized carbons (Fsp3) is 0.353. The monoisotopic (exact) mass is 390 g/mol. The zero-order valence-electron chi connectivity index (χ0n) is 14.4. The van der Waals surface area contributed by atoms with Gasteiger partial charge < -0.3 is 20.9 Å². The molecule has 0 spiro atoms. The maximum absolute atomic E-state index is 11.6. The molecule has 0 saturated carbocycles. The summed E-state index contributed by atoms with van der Waals surface area (Å²) in [5.41, 5.74) is 6.17. The molecule has 1 amide bonds. The molecule has 0 saturated heterocycles. The molecule has 7 nitrogen and oxygen atoms in total. The van der Waals surface area contributed by atoms with E-state index in [1.54, 1.807) is 6.08 Å². The van der Waals surface area contributed by atoms with Crippen LogP contribution in [0.4, 0.5) is 13.2 Å². The van der Waals surface area contributed by atoms with Crippen LogP contribution in [0.3, 0.4) is 0 Å². The molecule has 0 bridgehead atoms. The number of rotatable bonds is 9. The second kappa shape index (κ2) is 12.5. The number of hydrogen-bond donors (Lipinski definition) is 3. The second-order valence-electron chi connectivity index (χ2n) is 5.14. The summed E-state index contributed by atoms with van der Waals surface area (Å²) in [6.45, 7) is 4.25. The summed E-state index contributed by atoms with van der Waals surface area (Å²) in [5, 5.41) is 10.0. The van der Waals surface area contributed by atoms with Gasteiger partial charge >= 0.3 is 18.1 Å². The minimum absolute atomic E-state index is 0.143. The Morgan fingerprint density at radius 1 is 1.26 bits per heavy atom. The molecule has 10 heteroatoms. The first kappa shape index (κ1) is 24.1. The Bertz CT molecular complexity index is 621. The standard InChI is InChI=1S/C15H20N2O3.C2HF3O2/c1-2-10-17-13(15(16)19)8-9-14(18)20-11-12-6-4-3-5-7-12;3-2(4,5)1(6)7/h2-7,13,17H,1,8-11H2,(H2,16,19);(H,6,7)/t13-;/m1./s1. The van der Waals surface area contributed by atoms with Gasteiger partial charge in [-0.25, -0.2) is 4.79 Å². The van der Waals surface area contributed by atoms with Gasteiger partial charge in [0.25, 0.3) is 0 Å². The maximum atomic E-state index is 11.6. The molecule has 0 aromatic heterocycles. The Hall–Kier alpha value is -2.88. The van der Waals surface area contributed by atoms with Crippen LogP contribution in [0.5, 0.6) is 0 Å². The van der Waals surface area contributed by atoms with Gasteiger partial charge in [-0.15, -0.1) is 6.58 Å². The summed E-state index contributed by atoms with van der Waals surface area (Å²) >= 11 is 0. The minimum atomic E-state index is -5.08. The molecule has 27 heavy (non-hydrogen) atoms. The van der Waals surface area contributed by atoms with E-state index in [1.807, 2.05) is 30.3 Å². The number of ether oxygens (including phenoxy) is 1. The molecule has 1 rings (SSSR count). The summed E-state index contributed by atoms with van der Waals surface area (Å²) in [5.74, 6) is -3.59. The van der Waals surface area contributed by atoms with Crippen molar-refractivity contribution in [2.24, 2.45) is 5.73 Å². The summed E-state index contributed by atoms with van der Waals surface area (Å²) in [6, 6.07) is 8.87. The Morgan fingerprint density at radius 3 is 2.26 bits per heavy atom. The van der Waals surface area contributed by atoms with Crippen molar-refractivity contribution in [1.82, 2.24) is 5.32 Å². The fourth-order valence-corrected chi connectivity index (χ4v) is 1.64. The number of halogens is 3. The molecule has 1 aromatic rings. The predicted octanol–water partition coefficient (Wildman–Crippen LogP) is 1.77. The summed E-state index contributed by atoms with van der Waals surface area (Å²) in [6.07, 6.45) is -2.99. The zero-order chi connectivity index (χ0) is 20.9. The Morgan fingerprint density at radius 2 is 1.81 bits per heavy atom. The van der Waals surface area contributed by atoms with Crippen LogP contribution >= 0.6 is 0 Å². The number of esters is 1. The first-order chi connectivity index (χ1) is 12.6. The summed E-state index contributed by atoms with van der Waals surface area (Å²) in [7, 11) is 0. The molecule has 0 heterocycles. The zero-order valence-corrected chi connectivity index (χ0v) is 14.4. The van der Waals surface area contributed by atoms with Crippen molar-refractivity contribution < 1.29 is 37.4 Å². The number of carboxylic acids is 1. The van der Waals surface area contributed by atoms with Gasteiger partial charge in [-0.2, -0.15) is 13.2 Å². The molecule has 0 fully saturated rings. The van der Waals surface area contributed by atoms with E-state index in [2.05, 4.69) is 11.9 Å². The van der Waals surface area contributed by atoms with Gasteiger partial charge in [-0.05, 0) is 12.0 Å². The number of aliphatic carboxylic acids is 1. The van der Waals surface area contributed by atoms with Gasteiger partial charge in [0, 0.05) is 13.0 Å². The third kappa shape index (κ3) is 12.2. The average molecular weight is 390 g/mol. The molecule has 0 aliphatic heterocycles. The van der Waals surface area contributed by atoms with E-state index in [-0.39, 0.29) is 19.0 Å². The van der Waals surface area contributed by atoms with E-state index >= 15 is 0 Å². The predicted molar refractivity (Wildman–Crippen MR) is 90.3 cm³/mol. The van der Waals surface area contributed by atoms with Crippen LogP contribution in [0.25, 0.3) is 0 Å². The lowest BCUT2D eigenvalue weighted by molar-refractivity contribution is -0.192. The second-order valence-corrected chi connectivity index (χ2v) is 5.14. The topological polar surface area (TPSA) is 119 Å². The number of nitrogens with one attached hydrogen (secondary N) is 1. The Kier molecular flexibility index (Phi) is 11.1. The lowest BCUT2D eigenvalue weighted by Gasteiger charge is -2.13. The number of amides is 1. The van der Waals surface area contributed by atoms with Gasteiger partial charge in [0.15, 0.2) is 0 Å². The Balaban J connectivity index is 0.000000821. The van der Waals surface area contributed by atoms with Crippen LogP contribution in [-0.2, 0) is 25.7 Å². The van der Waals surface area contributed by atoms with Gasteiger partial charge in [-0.3, -0.25) is 9.59 Å². The quantitative estimate of drug-likeness (QED) is 0.437. The molecule has 150 valence electrons. The molecule has 0 aliphatic carbocycles. The van der Waals surface area contributed by atoms with Crippen molar-refractivity contribution in [3.05, 3.63) is 48.6 Å². The number of alkyl halides is 3. The smallest absolute Gasteiger partial charge is 0.475 e. The first-order valence-corrected chi connectivity index (χ1v) is 7.71. The van der Waals surface area contributed by atoms with E-state index in [4.69, 9.17) is 20.4 Å². The van der Waals surface area contributed by atoms with Crippen molar-refractivity contribution in [3.63, 3.8) is 0 Å². The fourth-order valence-electron chi connectivity index (χ4n) is 1.64. The number of carbonyl (C=O) groups excluding carboxylic acids is 2. The Labute approximate surface area is 154 Å². The van der Waals surface area contributed by atoms with E-state index in [9.17, 15) is 22.8 Å². The van der Waals surface area contributed by atoms with E-state index < -0.39 is 24.1 Å². The molecular formula is C17H21F3N2O5. The van der Waals surface area contributed by atoms with E-state index in [1.165, 1.54) is 0 Å². The van der Waals surface area contributed by atoms with Crippen LogP contribution in [0.15, 0.2) is 43.0 Å². The molecular weight excluding hydrogens is 369 g/mol. The van der Waals surface area contributed by atoms with Crippen LogP contribution < -0.4 is 11.1 Å². The molecule has 4 N–H and O–H groups in total. The highest BCUT2D eigenvalue weighted by molar-refractivity contribution is 5.80. The van der Waals surface area contributed by atoms with E-state index in [0.29, 0.717) is 13.0 Å². The number of primary amides is 1. The van der Waals surface area contributed by atoms with Crippen molar-refractivity contribution in [3.8, 4) is 0 Å². The van der Waals surface area contributed by atoms with Crippen LogP contribution in [-0.4, -0.2) is 41.7 Å². The first-order valence-electron chi connectivity index (χ1n) is 7.71. The number of carbonyl (C=O) groups is 3. The van der Waals surface area contributed by atoms with Crippen LogP contribution in [0.2, 0.25) is 0 Å². The van der Waals surface area contributed by atoms with Crippen LogP contribution in [0.1, 0.15) is 18.4 Å². The highest BCUT2D eigenvalue weighted by Gasteiger charge is 2.38. The number of carboxylic acid groups (broad SMARTS) is 1. The van der Waals surface area contributed by atoms with Gasteiger partial charge in [0.05, 0.1) is 6.04 Å². The lowest BCUT2D eigenvalue weighted by Crippen LogP contribution is -2.41.